The van der Waals surface area contributed by atoms with E-state index in [1.54, 1.807) is 24.3 Å². The van der Waals surface area contributed by atoms with E-state index in [-0.39, 0.29) is 18.1 Å². The Labute approximate surface area is 172 Å². The summed E-state index contributed by atoms with van der Waals surface area (Å²) in [6.45, 7) is 0.131. The van der Waals surface area contributed by atoms with Gasteiger partial charge in [-0.15, -0.1) is 16.4 Å². The molecule has 0 radical (unpaired) electrons. The average Bonchev–Trinajstić information content (AvgIpc) is 3.35. The number of nitrogens with one attached hydrogen (secondary N) is 2. The van der Waals surface area contributed by atoms with Gasteiger partial charge in [0.2, 0.25) is 0 Å². The fourth-order valence-corrected chi connectivity index (χ4v) is 3.55. The van der Waals surface area contributed by atoms with Gasteiger partial charge in [0.05, 0.1) is 27.6 Å². The van der Waals surface area contributed by atoms with Gasteiger partial charge in [0, 0.05) is 11.8 Å². The first kappa shape index (κ1) is 19.0. The van der Waals surface area contributed by atoms with Crippen LogP contribution in [0.25, 0.3) is 16.9 Å². The van der Waals surface area contributed by atoms with Crippen LogP contribution in [0.4, 0.5) is 4.39 Å². The Bertz CT molecular complexity index is 1250. The molecule has 2 N–H and O–H groups in total. The highest BCUT2D eigenvalue weighted by Gasteiger charge is 2.12. The molecule has 0 saturated carbocycles. The molecule has 1 amide bonds. The van der Waals surface area contributed by atoms with Gasteiger partial charge >= 0.3 is 5.69 Å². The number of hydrogen-bond acceptors (Lipinski definition) is 6. The van der Waals surface area contributed by atoms with Crippen molar-refractivity contribution in [3.8, 4) is 16.9 Å². The summed E-state index contributed by atoms with van der Waals surface area (Å²) in [7, 11) is 0. The van der Waals surface area contributed by atoms with Crippen LogP contribution < -0.4 is 11.0 Å². The van der Waals surface area contributed by atoms with Crippen LogP contribution in [-0.4, -0.2) is 30.9 Å². The standard InChI is InChI=1S/C18H12ClFN6O2S/c19-16-4-3-15(29-16)17(27)22-8-11-9-26(25-24-11)14-2-1-10(7-12(14)20)13-5-6-21-18(28)23-13/h1-7,9H,8H2,(H,22,27)(H,21,23,28). The fraction of sp³-hybridized carbons (Fsp3) is 0.0556. The summed E-state index contributed by atoms with van der Waals surface area (Å²) in [5.74, 6) is -0.827. The van der Waals surface area contributed by atoms with Gasteiger partial charge in [0.25, 0.3) is 5.91 Å². The first-order valence-electron chi connectivity index (χ1n) is 8.30. The highest BCUT2D eigenvalue weighted by molar-refractivity contribution is 7.17. The molecule has 0 unspecified atom stereocenters. The number of H-pyrrole nitrogens is 1. The normalized spacial score (nSPS) is 10.8. The largest absolute Gasteiger partial charge is 0.346 e. The predicted octanol–water partition coefficient (Wildman–Crippen LogP) is 2.80. The highest BCUT2D eigenvalue weighted by Crippen LogP contribution is 2.22. The molecule has 8 nitrogen and oxygen atoms in total. The van der Waals surface area contributed by atoms with Crippen LogP contribution in [0, 0.1) is 5.82 Å². The molecular weight excluding hydrogens is 419 g/mol. The molecule has 0 aliphatic carbocycles. The zero-order valence-electron chi connectivity index (χ0n) is 14.6. The Balaban J connectivity index is 1.49. The maximum absolute atomic E-state index is 14.6. The number of rotatable bonds is 5. The number of aromatic amines is 1. The van der Waals surface area contributed by atoms with Crippen LogP contribution in [0.2, 0.25) is 4.34 Å². The van der Waals surface area contributed by atoms with Crippen molar-refractivity contribution < 1.29 is 9.18 Å². The second-order valence-electron chi connectivity index (χ2n) is 5.90. The molecule has 3 heterocycles. The molecule has 0 spiro atoms. The molecule has 0 aliphatic rings. The summed E-state index contributed by atoms with van der Waals surface area (Å²) in [6, 6.07) is 9.30. The summed E-state index contributed by atoms with van der Waals surface area (Å²) in [6.07, 6.45) is 2.87. The zero-order valence-corrected chi connectivity index (χ0v) is 16.2. The van der Waals surface area contributed by atoms with Crippen molar-refractivity contribution in [1.82, 2.24) is 30.3 Å². The van der Waals surface area contributed by atoms with Gasteiger partial charge in [-0.05, 0) is 30.3 Å². The Hall–Kier alpha value is -3.37. The lowest BCUT2D eigenvalue weighted by Gasteiger charge is -2.05. The van der Waals surface area contributed by atoms with Gasteiger partial charge in [-0.1, -0.05) is 22.9 Å². The molecule has 1 aromatic carbocycles. The molecule has 4 rings (SSSR count). The number of benzene rings is 1. The molecule has 146 valence electrons. The first-order chi connectivity index (χ1) is 14.0. The SMILES string of the molecule is O=C(NCc1cn(-c2ccc(-c3ccnc(=O)[nH]3)cc2F)nn1)c1ccc(Cl)s1. The van der Waals surface area contributed by atoms with E-state index < -0.39 is 11.5 Å². The number of carbonyl (C=O) groups excluding carboxylic acids is 1. The molecule has 0 aliphatic heterocycles. The first-order valence-corrected chi connectivity index (χ1v) is 9.49. The third kappa shape index (κ3) is 4.23. The monoisotopic (exact) mass is 430 g/mol. The number of halogens is 2. The van der Waals surface area contributed by atoms with E-state index in [4.69, 9.17) is 11.6 Å². The highest BCUT2D eigenvalue weighted by atomic mass is 35.5. The van der Waals surface area contributed by atoms with Gasteiger partial charge in [-0.25, -0.2) is 18.9 Å². The number of aromatic nitrogens is 5. The number of thiophene rings is 1. The van der Waals surface area contributed by atoms with Crippen molar-refractivity contribution in [2.75, 3.05) is 0 Å². The summed E-state index contributed by atoms with van der Waals surface area (Å²) in [5, 5.41) is 10.6. The maximum Gasteiger partial charge on any atom is 0.345 e. The number of amides is 1. The fourth-order valence-electron chi connectivity index (χ4n) is 2.59. The molecule has 3 aromatic heterocycles. The molecule has 0 bridgehead atoms. The summed E-state index contributed by atoms with van der Waals surface area (Å²) >= 11 is 6.99. The molecule has 0 atom stereocenters. The molecule has 4 aromatic rings. The number of hydrogen-bond donors (Lipinski definition) is 2. The van der Waals surface area contributed by atoms with Crippen LogP contribution in [0.3, 0.4) is 0 Å². The minimum atomic E-state index is -0.547. The molecule has 0 saturated heterocycles. The van der Waals surface area contributed by atoms with E-state index in [0.717, 1.165) is 0 Å². The molecule has 0 fully saturated rings. The van der Waals surface area contributed by atoms with Gasteiger partial charge in [0.15, 0.2) is 0 Å². The van der Waals surface area contributed by atoms with Gasteiger partial charge in [0.1, 0.15) is 17.2 Å². The quantitative estimate of drug-likeness (QED) is 0.506. The van der Waals surface area contributed by atoms with Crippen molar-refractivity contribution >= 4 is 28.8 Å². The lowest BCUT2D eigenvalue weighted by Crippen LogP contribution is -2.21. The minimum absolute atomic E-state index is 0.131. The van der Waals surface area contributed by atoms with Gasteiger partial charge in [-0.3, -0.25) is 4.79 Å². The van der Waals surface area contributed by atoms with Crippen molar-refractivity contribution in [2.45, 2.75) is 6.54 Å². The smallest absolute Gasteiger partial charge is 0.345 e. The van der Waals surface area contributed by atoms with E-state index in [9.17, 15) is 14.0 Å². The van der Waals surface area contributed by atoms with Crippen LogP contribution in [-0.2, 0) is 6.54 Å². The van der Waals surface area contributed by atoms with Crippen LogP contribution in [0.1, 0.15) is 15.4 Å². The summed E-state index contributed by atoms with van der Waals surface area (Å²) in [4.78, 5) is 29.9. The Morgan fingerprint density at radius 3 is 2.86 bits per heavy atom. The molecular formula is C18H12ClFN6O2S. The van der Waals surface area contributed by atoms with Crippen molar-refractivity contribution in [2.24, 2.45) is 0 Å². The Morgan fingerprint density at radius 2 is 2.14 bits per heavy atom. The zero-order chi connectivity index (χ0) is 20.4. The minimum Gasteiger partial charge on any atom is -0.346 e. The predicted molar refractivity (Wildman–Crippen MR) is 106 cm³/mol. The maximum atomic E-state index is 14.6. The van der Waals surface area contributed by atoms with Gasteiger partial charge in [-0.2, -0.15) is 0 Å². The van der Waals surface area contributed by atoms with E-state index in [1.807, 2.05) is 0 Å². The topological polar surface area (TPSA) is 106 Å². The van der Waals surface area contributed by atoms with Gasteiger partial charge < -0.3 is 10.3 Å². The van der Waals surface area contributed by atoms with E-state index >= 15 is 0 Å². The van der Waals surface area contributed by atoms with Crippen LogP contribution >= 0.6 is 22.9 Å². The summed E-state index contributed by atoms with van der Waals surface area (Å²) < 4.78 is 16.4. The van der Waals surface area contributed by atoms with E-state index in [2.05, 4.69) is 25.6 Å². The van der Waals surface area contributed by atoms with Crippen molar-refractivity contribution in [3.05, 3.63) is 80.0 Å². The van der Waals surface area contributed by atoms with E-state index in [1.165, 1.54) is 40.5 Å². The second-order valence-corrected chi connectivity index (χ2v) is 7.61. The summed E-state index contributed by atoms with van der Waals surface area (Å²) in [5.41, 5.74) is 1.07. The average molecular weight is 431 g/mol. The van der Waals surface area contributed by atoms with Crippen LogP contribution in [0.15, 0.2) is 53.6 Å². The lowest BCUT2D eigenvalue weighted by atomic mass is 10.1. The van der Waals surface area contributed by atoms with E-state index in [0.29, 0.717) is 26.2 Å². The Morgan fingerprint density at radius 1 is 1.28 bits per heavy atom. The van der Waals surface area contributed by atoms with Crippen molar-refractivity contribution in [3.63, 3.8) is 0 Å². The lowest BCUT2D eigenvalue weighted by molar-refractivity contribution is 0.0954. The third-order valence-corrected chi connectivity index (χ3v) is 5.18. The second kappa shape index (κ2) is 7.94. The van der Waals surface area contributed by atoms with Crippen LogP contribution in [0.5, 0.6) is 0 Å². The van der Waals surface area contributed by atoms with Crippen molar-refractivity contribution in [1.29, 1.82) is 0 Å². The Kier molecular flexibility index (Phi) is 5.19. The number of carbonyl (C=O) groups is 1. The molecule has 11 heteroatoms. The third-order valence-electron chi connectivity index (χ3n) is 3.95. The number of nitrogens with zero attached hydrogens (tertiary/aromatic N) is 4. The molecule has 29 heavy (non-hydrogen) atoms.